The van der Waals surface area contributed by atoms with Crippen molar-refractivity contribution in [2.75, 3.05) is 24.7 Å². The zero-order chi connectivity index (χ0) is 22.3. The number of nitrogens with two attached hydrogens (primary N) is 1. The summed E-state index contributed by atoms with van der Waals surface area (Å²) < 4.78 is 12.3. The van der Waals surface area contributed by atoms with Crippen LogP contribution in [-0.4, -0.2) is 48.5 Å². The minimum Gasteiger partial charge on any atom is -0.377 e. The van der Waals surface area contributed by atoms with Crippen LogP contribution in [0.3, 0.4) is 0 Å². The predicted molar refractivity (Wildman–Crippen MR) is 133 cm³/mol. The third-order valence-corrected chi connectivity index (χ3v) is 9.65. The van der Waals surface area contributed by atoms with E-state index in [1.54, 1.807) is 0 Å². The van der Waals surface area contributed by atoms with Gasteiger partial charge in [-0.2, -0.15) is 0 Å². The van der Waals surface area contributed by atoms with Gasteiger partial charge in [0, 0.05) is 34.8 Å². The van der Waals surface area contributed by atoms with Gasteiger partial charge in [-0.15, -0.1) is 11.3 Å². The van der Waals surface area contributed by atoms with Crippen LogP contribution in [0.5, 0.6) is 0 Å². The second-order valence-electron chi connectivity index (χ2n) is 10.9. The van der Waals surface area contributed by atoms with Crippen molar-refractivity contribution in [2.45, 2.75) is 93.3 Å². The quantitative estimate of drug-likeness (QED) is 0.659. The van der Waals surface area contributed by atoms with E-state index >= 15 is 0 Å². The summed E-state index contributed by atoms with van der Waals surface area (Å²) >= 11 is 1.88. The van der Waals surface area contributed by atoms with Crippen LogP contribution >= 0.6 is 11.3 Å². The lowest BCUT2D eigenvalue weighted by atomic mass is 9.66. The van der Waals surface area contributed by atoms with E-state index in [2.05, 4.69) is 28.5 Å². The lowest BCUT2D eigenvalue weighted by molar-refractivity contribution is -0.105. The summed E-state index contributed by atoms with van der Waals surface area (Å²) in [6, 6.07) is 9.88. The maximum Gasteiger partial charge on any atom is 0.0691 e. The Balaban J connectivity index is 1.24. The smallest absolute Gasteiger partial charge is 0.0691 e. The van der Waals surface area contributed by atoms with Crippen molar-refractivity contribution in [3.8, 4) is 0 Å². The van der Waals surface area contributed by atoms with Gasteiger partial charge in [-0.3, -0.25) is 4.98 Å². The van der Waals surface area contributed by atoms with Gasteiger partial charge in [-0.05, 0) is 74.9 Å². The van der Waals surface area contributed by atoms with E-state index in [1.807, 2.05) is 23.6 Å². The van der Waals surface area contributed by atoms with E-state index in [0.29, 0.717) is 12.1 Å². The van der Waals surface area contributed by atoms with Crippen molar-refractivity contribution in [1.82, 2.24) is 4.98 Å². The molecule has 178 valence electrons. The minimum atomic E-state index is 0.0126. The SMILES string of the molecule is NC(Cc1sccc1N1C2CCC1COC2)CC1(c2ccccn2)CCOC2(CCCC2)C1. The number of anilines is 1. The fraction of sp³-hybridized carbons (Fsp3) is 0.667. The average Bonchev–Trinajstić information content (AvgIpc) is 3.52. The number of morpholine rings is 1. The molecule has 0 amide bonds. The number of rotatable bonds is 6. The van der Waals surface area contributed by atoms with E-state index in [4.69, 9.17) is 20.2 Å². The van der Waals surface area contributed by atoms with Crippen LogP contribution in [0.4, 0.5) is 5.69 Å². The van der Waals surface area contributed by atoms with Gasteiger partial charge in [0.15, 0.2) is 0 Å². The summed E-state index contributed by atoms with van der Waals surface area (Å²) in [6.45, 7) is 2.55. The average molecular weight is 468 g/mol. The Hall–Kier alpha value is -1.47. The molecule has 0 radical (unpaired) electrons. The highest BCUT2D eigenvalue weighted by Gasteiger charge is 2.49. The van der Waals surface area contributed by atoms with Crippen molar-refractivity contribution in [3.63, 3.8) is 0 Å². The molecular weight excluding hydrogens is 430 g/mol. The summed E-state index contributed by atoms with van der Waals surface area (Å²) in [4.78, 5) is 8.96. The molecule has 5 nitrogen and oxygen atoms in total. The molecule has 2 bridgehead atoms. The van der Waals surface area contributed by atoms with Crippen LogP contribution in [0.2, 0.25) is 0 Å². The molecule has 3 aliphatic heterocycles. The largest absolute Gasteiger partial charge is 0.377 e. The highest BCUT2D eigenvalue weighted by atomic mass is 32.1. The van der Waals surface area contributed by atoms with Crippen molar-refractivity contribution < 1.29 is 9.47 Å². The molecule has 2 N–H and O–H groups in total. The van der Waals surface area contributed by atoms with Crippen molar-refractivity contribution in [1.29, 1.82) is 0 Å². The fourth-order valence-electron chi connectivity index (χ4n) is 7.28. The highest BCUT2D eigenvalue weighted by Crippen LogP contribution is 2.50. The van der Waals surface area contributed by atoms with E-state index in [0.717, 1.165) is 45.5 Å². The zero-order valence-electron chi connectivity index (χ0n) is 19.6. The van der Waals surface area contributed by atoms with E-state index in [1.165, 1.54) is 54.8 Å². The van der Waals surface area contributed by atoms with Gasteiger partial charge >= 0.3 is 0 Å². The Morgan fingerprint density at radius 2 is 1.94 bits per heavy atom. The maximum atomic E-state index is 6.98. The lowest BCUT2D eigenvalue weighted by Gasteiger charge is -2.47. The molecule has 6 heteroatoms. The first-order chi connectivity index (χ1) is 16.2. The second kappa shape index (κ2) is 8.95. The molecule has 0 aromatic carbocycles. The molecular formula is C27H37N3O2S. The lowest BCUT2D eigenvalue weighted by Crippen LogP contribution is -2.49. The van der Waals surface area contributed by atoms with Gasteiger partial charge in [0.2, 0.25) is 0 Å². The first-order valence-corrected chi connectivity index (χ1v) is 13.8. The molecule has 3 saturated heterocycles. The van der Waals surface area contributed by atoms with Gasteiger partial charge < -0.3 is 20.1 Å². The zero-order valence-corrected chi connectivity index (χ0v) is 20.4. The van der Waals surface area contributed by atoms with Crippen molar-refractivity contribution in [3.05, 3.63) is 46.4 Å². The molecule has 4 fully saturated rings. The van der Waals surface area contributed by atoms with Gasteiger partial charge in [0.05, 0.1) is 36.6 Å². The van der Waals surface area contributed by atoms with Gasteiger partial charge in [-0.1, -0.05) is 18.9 Å². The third kappa shape index (κ3) is 4.13. The molecule has 5 heterocycles. The highest BCUT2D eigenvalue weighted by molar-refractivity contribution is 7.10. The van der Waals surface area contributed by atoms with Crippen LogP contribution < -0.4 is 10.6 Å². The molecule has 2 aromatic heterocycles. The van der Waals surface area contributed by atoms with Gasteiger partial charge in [0.25, 0.3) is 0 Å². The minimum absolute atomic E-state index is 0.0126. The molecule has 6 rings (SSSR count). The third-order valence-electron chi connectivity index (χ3n) is 8.71. The first-order valence-electron chi connectivity index (χ1n) is 12.9. The summed E-state index contributed by atoms with van der Waals surface area (Å²) in [5, 5.41) is 2.25. The number of nitrogens with zero attached hydrogens (tertiary/aromatic N) is 2. The molecule has 33 heavy (non-hydrogen) atoms. The number of hydrogen-bond donors (Lipinski definition) is 1. The summed E-state index contributed by atoms with van der Waals surface area (Å²) in [6.07, 6.45) is 13.4. The number of fused-ring (bicyclic) bond motifs is 2. The standard InChI is InChI=1S/C27H37N3O2S/c28-20(15-24-23(8-14-33-24)30-21-6-7-22(30)18-31-17-21)16-26(25-5-1-4-12-29-25)11-13-32-27(19-26)9-2-3-10-27/h1,4-5,8,12,14,20-22H,2-3,6-7,9-11,13,15-19,28H2. The summed E-state index contributed by atoms with van der Waals surface area (Å²) in [7, 11) is 0. The predicted octanol–water partition coefficient (Wildman–Crippen LogP) is 4.83. The topological polar surface area (TPSA) is 60.6 Å². The van der Waals surface area contributed by atoms with Crippen LogP contribution in [-0.2, 0) is 21.3 Å². The Kier molecular flexibility index (Phi) is 5.98. The Morgan fingerprint density at radius 3 is 2.70 bits per heavy atom. The number of hydrogen-bond acceptors (Lipinski definition) is 6. The Bertz CT molecular complexity index is 928. The molecule has 1 spiro atoms. The normalized spacial score (nSPS) is 31.8. The van der Waals surface area contributed by atoms with E-state index < -0.39 is 0 Å². The first kappa shape index (κ1) is 22.0. The molecule has 2 aromatic rings. The van der Waals surface area contributed by atoms with E-state index in [9.17, 15) is 0 Å². The van der Waals surface area contributed by atoms with Crippen molar-refractivity contribution in [2.24, 2.45) is 5.73 Å². The number of thiophene rings is 1. The van der Waals surface area contributed by atoms with Gasteiger partial charge in [-0.25, -0.2) is 0 Å². The van der Waals surface area contributed by atoms with Crippen molar-refractivity contribution >= 4 is 17.0 Å². The Morgan fingerprint density at radius 1 is 1.12 bits per heavy atom. The monoisotopic (exact) mass is 467 g/mol. The molecule has 4 unspecified atom stereocenters. The molecule has 4 aliphatic rings. The number of pyridine rings is 1. The van der Waals surface area contributed by atoms with Crippen LogP contribution in [0, 0.1) is 0 Å². The van der Waals surface area contributed by atoms with Crippen LogP contribution in [0.15, 0.2) is 35.8 Å². The van der Waals surface area contributed by atoms with E-state index in [-0.39, 0.29) is 17.1 Å². The summed E-state index contributed by atoms with van der Waals surface area (Å²) in [5.74, 6) is 0. The number of aromatic nitrogens is 1. The molecule has 1 aliphatic carbocycles. The summed E-state index contributed by atoms with van der Waals surface area (Å²) in [5.41, 5.74) is 9.66. The maximum absolute atomic E-state index is 6.98. The Labute approximate surface area is 201 Å². The second-order valence-corrected chi connectivity index (χ2v) is 11.9. The van der Waals surface area contributed by atoms with Crippen LogP contribution in [0.1, 0.15) is 68.4 Å². The van der Waals surface area contributed by atoms with Crippen LogP contribution in [0.25, 0.3) is 0 Å². The molecule has 4 atom stereocenters. The van der Waals surface area contributed by atoms with Gasteiger partial charge in [0.1, 0.15) is 0 Å². The molecule has 1 saturated carbocycles. The fourth-order valence-corrected chi connectivity index (χ4v) is 8.25. The number of ether oxygens (including phenoxy) is 2.